The van der Waals surface area contributed by atoms with E-state index in [1.807, 2.05) is 12.1 Å². The van der Waals surface area contributed by atoms with Crippen molar-refractivity contribution in [3.05, 3.63) is 23.3 Å². The van der Waals surface area contributed by atoms with Crippen LogP contribution < -0.4 is 15.2 Å². The molecule has 3 nitrogen and oxygen atoms in total. The highest BCUT2D eigenvalue weighted by molar-refractivity contribution is 5.45. The molecule has 1 rings (SSSR count). The molecule has 3 heteroatoms. The van der Waals surface area contributed by atoms with Crippen molar-refractivity contribution in [2.75, 3.05) is 20.8 Å². The molecule has 84 valence electrons. The third kappa shape index (κ3) is 2.86. The average molecular weight is 209 g/mol. The lowest BCUT2D eigenvalue weighted by Crippen LogP contribution is -2.02. The summed E-state index contributed by atoms with van der Waals surface area (Å²) in [5.41, 5.74) is 7.92. The summed E-state index contributed by atoms with van der Waals surface area (Å²) in [5.74, 6) is 1.71. The summed E-state index contributed by atoms with van der Waals surface area (Å²) in [5, 5.41) is 0. The van der Waals surface area contributed by atoms with E-state index >= 15 is 0 Å². The van der Waals surface area contributed by atoms with Gasteiger partial charge in [-0.1, -0.05) is 0 Å². The fourth-order valence-corrected chi connectivity index (χ4v) is 1.60. The molecule has 0 heterocycles. The topological polar surface area (TPSA) is 44.5 Å². The minimum Gasteiger partial charge on any atom is -0.497 e. The van der Waals surface area contributed by atoms with E-state index in [0.29, 0.717) is 6.54 Å². The van der Waals surface area contributed by atoms with Crippen molar-refractivity contribution in [2.24, 2.45) is 5.73 Å². The van der Waals surface area contributed by atoms with Crippen LogP contribution in [-0.2, 0) is 6.42 Å². The van der Waals surface area contributed by atoms with Crippen molar-refractivity contribution in [3.8, 4) is 11.5 Å². The van der Waals surface area contributed by atoms with Crippen molar-refractivity contribution in [1.82, 2.24) is 0 Å². The molecular weight excluding hydrogens is 190 g/mol. The lowest BCUT2D eigenvalue weighted by molar-refractivity contribution is 0.391. The molecule has 0 bridgehead atoms. The van der Waals surface area contributed by atoms with E-state index in [4.69, 9.17) is 15.2 Å². The maximum atomic E-state index is 5.51. The van der Waals surface area contributed by atoms with Gasteiger partial charge >= 0.3 is 0 Å². The summed E-state index contributed by atoms with van der Waals surface area (Å²) in [6.45, 7) is 2.77. The lowest BCUT2D eigenvalue weighted by Gasteiger charge is -2.12. The fourth-order valence-electron chi connectivity index (χ4n) is 1.60. The molecule has 1 aromatic rings. The summed E-state index contributed by atoms with van der Waals surface area (Å²) >= 11 is 0. The van der Waals surface area contributed by atoms with E-state index in [0.717, 1.165) is 24.3 Å². The molecule has 0 spiro atoms. The fraction of sp³-hybridized carbons (Fsp3) is 0.500. The second kappa shape index (κ2) is 5.61. The molecule has 0 saturated carbocycles. The van der Waals surface area contributed by atoms with Gasteiger partial charge in [0.15, 0.2) is 0 Å². The number of methoxy groups -OCH3 is 2. The molecule has 0 amide bonds. The highest BCUT2D eigenvalue weighted by Gasteiger charge is 2.07. The summed E-state index contributed by atoms with van der Waals surface area (Å²) < 4.78 is 10.5. The highest BCUT2D eigenvalue weighted by atomic mass is 16.5. The van der Waals surface area contributed by atoms with Crippen LogP contribution in [0.3, 0.4) is 0 Å². The van der Waals surface area contributed by atoms with E-state index in [9.17, 15) is 0 Å². The van der Waals surface area contributed by atoms with Crippen LogP contribution in [0.2, 0.25) is 0 Å². The van der Waals surface area contributed by atoms with E-state index in [-0.39, 0.29) is 0 Å². The Bertz CT molecular complexity index is 324. The third-order valence-corrected chi connectivity index (χ3v) is 2.55. The maximum Gasteiger partial charge on any atom is 0.125 e. The molecule has 0 saturated heterocycles. The molecular formula is C12H19NO2. The van der Waals surface area contributed by atoms with Crippen LogP contribution in [-0.4, -0.2) is 20.8 Å². The number of rotatable bonds is 5. The summed E-state index contributed by atoms with van der Waals surface area (Å²) in [6, 6.07) is 3.95. The molecule has 2 N–H and O–H groups in total. The maximum absolute atomic E-state index is 5.51. The Morgan fingerprint density at radius 1 is 1.20 bits per heavy atom. The Morgan fingerprint density at radius 3 is 2.47 bits per heavy atom. The zero-order chi connectivity index (χ0) is 11.3. The minimum absolute atomic E-state index is 0.707. The summed E-state index contributed by atoms with van der Waals surface area (Å²) in [4.78, 5) is 0. The Hall–Kier alpha value is -1.22. The van der Waals surface area contributed by atoms with Crippen molar-refractivity contribution in [3.63, 3.8) is 0 Å². The van der Waals surface area contributed by atoms with Gasteiger partial charge in [-0.2, -0.15) is 0 Å². The van der Waals surface area contributed by atoms with Crippen LogP contribution in [0.1, 0.15) is 17.5 Å². The number of ether oxygens (including phenoxy) is 2. The van der Waals surface area contributed by atoms with Crippen molar-refractivity contribution in [1.29, 1.82) is 0 Å². The number of hydrogen-bond acceptors (Lipinski definition) is 3. The van der Waals surface area contributed by atoms with Crippen LogP contribution >= 0.6 is 0 Å². The Labute approximate surface area is 91.2 Å². The van der Waals surface area contributed by atoms with Gasteiger partial charge in [0, 0.05) is 6.07 Å². The number of aryl methyl sites for hydroxylation is 1. The van der Waals surface area contributed by atoms with Gasteiger partial charge in [0.25, 0.3) is 0 Å². The first-order valence-electron chi connectivity index (χ1n) is 5.14. The molecule has 0 aliphatic rings. The van der Waals surface area contributed by atoms with Crippen LogP contribution in [0.4, 0.5) is 0 Å². The van der Waals surface area contributed by atoms with E-state index in [1.54, 1.807) is 14.2 Å². The second-order valence-corrected chi connectivity index (χ2v) is 3.51. The predicted molar refractivity (Wildman–Crippen MR) is 61.7 cm³/mol. The molecule has 1 aromatic carbocycles. The summed E-state index contributed by atoms with van der Waals surface area (Å²) in [7, 11) is 3.34. The third-order valence-electron chi connectivity index (χ3n) is 2.55. The molecule has 0 aliphatic carbocycles. The zero-order valence-corrected chi connectivity index (χ0v) is 9.67. The SMILES string of the molecule is COc1cc(CCCN)c(C)c(OC)c1. The van der Waals surface area contributed by atoms with E-state index < -0.39 is 0 Å². The van der Waals surface area contributed by atoms with Gasteiger partial charge in [-0.25, -0.2) is 0 Å². The van der Waals surface area contributed by atoms with E-state index in [2.05, 4.69) is 6.92 Å². The molecule has 0 aromatic heterocycles. The van der Waals surface area contributed by atoms with Gasteiger partial charge in [0.2, 0.25) is 0 Å². The quantitative estimate of drug-likeness (QED) is 0.805. The zero-order valence-electron chi connectivity index (χ0n) is 9.67. The first kappa shape index (κ1) is 11.9. The largest absolute Gasteiger partial charge is 0.497 e. The first-order valence-corrected chi connectivity index (χ1v) is 5.14. The normalized spacial score (nSPS) is 10.1. The van der Waals surface area contributed by atoms with Crippen molar-refractivity contribution in [2.45, 2.75) is 19.8 Å². The first-order chi connectivity index (χ1) is 7.22. The number of nitrogens with two attached hydrogens (primary N) is 1. The van der Waals surface area contributed by atoms with E-state index in [1.165, 1.54) is 11.1 Å². The molecule has 15 heavy (non-hydrogen) atoms. The van der Waals surface area contributed by atoms with Gasteiger partial charge in [0.05, 0.1) is 14.2 Å². The van der Waals surface area contributed by atoms with Gasteiger partial charge in [0.1, 0.15) is 11.5 Å². The number of benzene rings is 1. The van der Waals surface area contributed by atoms with Crippen LogP contribution in [0, 0.1) is 6.92 Å². The Balaban J connectivity index is 3.01. The monoisotopic (exact) mass is 209 g/mol. The molecule has 0 fully saturated rings. The average Bonchev–Trinajstić information content (AvgIpc) is 2.27. The lowest BCUT2D eigenvalue weighted by atomic mass is 10.0. The van der Waals surface area contributed by atoms with Crippen molar-refractivity contribution < 1.29 is 9.47 Å². The van der Waals surface area contributed by atoms with Crippen LogP contribution in [0.5, 0.6) is 11.5 Å². The highest BCUT2D eigenvalue weighted by Crippen LogP contribution is 2.28. The second-order valence-electron chi connectivity index (χ2n) is 3.51. The van der Waals surface area contributed by atoms with Gasteiger partial charge in [-0.3, -0.25) is 0 Å². The van der Waals surface area contributed by atoms with Crippen molar-refractivity contribution >= 4 is 0 Å². The Morgan fingerprint density at radius 2 is 1.93 bits per heavy atom. The Kier molecular flexibility index (Phi) is 4.43. The van der Waals surface area contributed by atoms with Crippen LogP contribution in [0.25, 0.3) is 0 Å². The molecule has 0 radical (unpaired) electrons. The molecule has 0 unspecified atom stereocenters. The summed E-state index contributed by atoms with van der Waals surface area (Å²) in [6.07, 6.45) is 1.95. The predicted octanol–water partition coefficient (Wildman–Crippen LogP) is 1.90. The smallest absolute Gasteiger partial charge is 0.125 e. The standard InChI is InChI=1S/C12H19NO2/c1-9-10(5-4-6-13)7-11(14-2)8-12(9)15-3/h7-8H,4-6,13H2,1-3H3. The molecule has 0 atom stereocenters. The number of hydrogen-bond donors (Lipinski definition) is 1. The molecule has 0 aliphatic heterocycles. The van der Waals surface area contributed by atoms with Gasteiger partial charge in [-0.05, 0) is 43.5 Å². The van der Waals surface area contributed by atoms with Gasteiger partial charge < -0.3 is 15.2 Å². The van der Waals surface area contributed by atoms with Gasteiger partial charge in [-0.15, -0.1) is 0 Å². The van der Waals surface area contributed by atoms with Crippen LogP contribution in [0.15, 0.2) is 12.1 Å². The minimum atomic E-state index is 0.707.